The zero-order valence-electron chi connectivity index (χ0n) is 16.3. The van der Waals surface area contributed by atoms with E-state index in [0.717, 1.165) is 27.7 Å². The third kappa shape index (κ3) is 4.19. The van der Waals surface area contributed by atoms with Crippen molar-refractivity contribution in [3.8, 4) is 0 Å². The highest BCUT2D eigenvalue weighted by Crippen LogP contribution is 2.35. The molecule has 0 aliphatic carbocycles. The number of likely N-dealkylation sites (tertiary alicyclic amines) is 1. The van der Waals surface area contributed by atoms with Crippen LogP contribution in [0.2, 0.25) is 0 Å². The number of ether oxygens (including phenoxy) is 1. The molecule has 2 aliphatic rings. The average molecular weight is 505 g/mol. The molecule has 7 heteroatoms. The van der Waals surface area contributed by atoms with Crippen molar-refractivity contribution in [1.29, 1.82) is 0 Å². The molecule has 2 unspecified atom stereocenters. The molecule has 2 fully saturated rings. The van der Waals surface area contributed by atoms with E-state index in [2.05, 4.69) is 27.9 Å². The summed E-state index contributed by atoms with van der Waals surface area (Å²) in [5.74, 6) is 0. The van der Waals surface area contributed by atoms with Crippen LogP contribution in [-0.4, -0.2) is 47.1 Å². The minimum atomic E-state index is -0.256. The van der Waals surface area contributed by atoms with E-state index in [1.165, 1.54) is 0 Å². The predicted molar refractivity (Wildman–Crippen MR) is 120 cm³/mol. The van der Waals surface area contributed by atoms with Crippen LogP contribution in [0.15, 0.2) is 54.6 Å². The summed E-state index contributed by atoms with van der Waals surface area (Å²) in [6.45, 7) is 3.28. The molecule has 0 radical (unpaired) electrons. The van der Waals surface area contributed by atoms with E-state index in [1.54, 1.807) is 0 Å². The number of rotatable bonds is 3. The van der Waals surface area contributed by atoms with E-state index in [9.17, 15) is 9.59 Å². The fraction of sp³-hybridized carbons (Fsp3) is 0.364. The molecular weight excluding hydrogens is 481 g/mol. The van der Waals surface area contributed by atoms with Crippen LogP contribution in [0.1, 0.15) is 31.4 Å². The summed E-state index contributed by atoms with van der Waals surface area (Å²) in [5, 5.41) is 2.98. The van der Waals surface area contributed by atoms with Crippen LogP contribution in [0.5, 0.6) is 0 Å². The van der Waals surface area contributed by atoms with E-state index in [1.807, 2.05) is 71.3 Å². The number of carbonyl (C=O) groups is 2. The minimum absolute atomic E-state index is 0.0267. The van der Waals surface area contributed by atoms with Gasteiger partial charge < -0.3 is 15.0 Å². The predicted octanol–water partition coefficient (Wildman–Crippen LogP) is 4.87. The second kappa shape index (κ2) is 8.61. The first kappa shape index (κ1) is 20.0. The molecule has 0 spiro atoms. The largest absolute Gasteiger partial charge is 0.439 e. The molecule has 0 aromatic heterocycles. The molecule has 2 saturated heterocycles. The number of cyclic esters (lactones) is 1. The lowest BCUT2D eigenvalue weighted by atomic mass is 9.98. The smallest absolute Gasteiger partial charge is 0.411 e. The van der Waals surface area contributed by atoms with E-state index in [-0.39, 0.29) is 30.3 Å². The van der Waals surface area contributed by atoms with Gasteiger partial charge in [0.05, 0.1) is 11.7 Å². The molecule has 0 saturated carbocycles. The molecule has 6 nitrogen and oxygen atoms in total. The summed E-state index contributed by atoms with van der Waals surface area (Å²) in [6, 6.07) is 17.6. The Morgan fingerprint density at radius 3 is 2.41 bits per heavy atom. The summed E-state index contributed by atoms with van der Waals surface area (Å²) in [5.41, 5.74) is 1.84. The standard InChI is InChI=1S/C22H24IN3O3/c1-15-20(16-7-3-2-4-8-16)29-22(28)26(15)17-11-13-25(14-12-17)21(27)24-19-10-6-5-9-18(19)23/h2-10,15,17,20H,11-14H2,1H3,(H,24,27). The SMILES string of the molecule is CC1C(c2ccccc2)OC(=O)N1C1CCN(C(=O)Nc2ccccc2I)CC1. The first-order valence-corrected chi connectivity index (χ1v) is 11.0. The fourth-order valence-electron chi connectivity index (χ4n) is 4.15. The summed E-state index contributed by atoms with van der Waals surface area (Å²) in [7, 11) is 0. The number of hydrogen-bond acceptors (Lipinski definition) is 3. The van der Waals surface area contributed by atoms with Gasteiger partial charge in [-0.2, -0.15) is 0 Å². The number of halogens is 1. The number of carbonyl (C=O) groups excluding carboxylic acids is 2. The van der Waals surface area contributed by atoms with Crippen molar-refractivity contribution >= 4 is 40.4 Å². The van der Waals surface area contributed by atoms with Crippen LogP contribution in [-0.2, 0) is 4.74 Å². The van der Waals surface area contributed by atoms with Crippen molar-refractivity contribution in [2.24, 2.45) is 0 Å². The lowest BCUT2D eigenvalue weighted by Crippen LogP contribution is -2.50. The molecule has 2 aliphatic heterocycles. The Morgan fingerprint density at radius 2 is 1.72 bits per heavy atom. The maximum atomic E-state index is 12.6. The average Bonchev–Trinajstić information content (AvgIpc) is 3.04. The van der Waals surface area contributed by atoms with Gasteiger partial charge in [-0.1, -0.05) is 42.5 Å². The number of anilines is 1. The number of piperidine rings is 1. The van der Waals surface area contributed by atoms with Gasteiger partial charge in [-0.25, -0.2) is 9.59 Å². The van der Waals surface area contributed by atoms with Crippen LogP contribution >= 0.6 is 22.6 Å². The van der Waals surface area contributed by atoms with Gasteiger partial charge in [0.1, 0.15) is 6.10 Å². The Hall–Kier alpha value is -2.29. The van der Waals surface area contributed by atoms with Gasteiger partial charge in [-0.05, 0) is 60.1 Å². The molecular formula is C22H24IN3O3. The Balaban J connectivity index is 1.36. The van der Waals surface area contributed by atoms with Gasteiger partial charge in [0.25, 0.3) is 0 Å². The number of amides is 3. The maximum absolute atomic E-state index is 12.6. The lowest BCUT2D eigenvalue weighted by molar-refractivity contribution is 0.115. The van der Waals surface area contributed by atoms with Crippen molar-refractivity contribution < 1.29 is 14.3 Å². The zero-order valence-corrected chi connectivity index (χ0v) is 18.4. The van der Waals surface area contributed by atoms with E-state index in [0.29, 0.717) is 13.1 Å². The summed E-state index contributed by atoms with van der Waals surface area (Å²) in [4.78, 5) is 28.9. The summed E-state index contributed by atoms with van der Waals surface area (Å²) < 4.78 is 6.69. The second-order valence-corrected chi connectivity index (χ2v) is 8.65. The van der Waals surface area contributed by atoms with Crippen LogP contribution in [0.25, 0.3) is 0 Å². The maximum Gasteiger partial charge on any atom is 0.411 e. The molecule has 2 heterocycles. The topological polar surface area (TPSA) is 61.9 Å². The minimum Gasteiger partial charge on any atom is -0.439 e. The van der Waals surface area contributed by atoms with E-state index < -0.39 is 0 Å². The molecule has 3 amide bonds. The van der Waals surface area contributed by atoms with Gasteiger partial charge in [-0.15, -0.1) is 0 Å². The van der Waals surface area contributed by atoms with Crippen LogP contribution < -0.4 is 5.32 Å². The third-order valence-electron chi connectivity index (χ3n) is 5.70. The third-order valence-corrected chi connectivity index (χ3v) is 6.64. The number of para-hydroxylation sites is 1. The number of nitrogens with one attached hydrogen (secondary N) is 1. The summed E-state index contributed by atoms with van der Waals surface area (Å²) in [6.07, 6.45) is 0.999. The van der Waals surface area contributed by atoms with Gasteiger partial charge in [-0.3, -0.25) is 4.90 Å². The first-order chi connectivity index (χ1) is 14.0. The molecule has 4 rings (SSSR count). The normalized spacial score (nSPS) is 22.5. The van der Waals surface area contributed by atoms with Gasteiger partial charge in [0, 0.05) is 22.7 Å². The van der Waals surface area contributed by atoms with Gasteiger partial charge in [0.15, 0.2) is 0 Å². The molecule has 0 bridgehead atoms. The molecule has 2 aromatic rings. The van der Waals surface area contributed by atoms with E-state index in [4.69, 9.17) is 4.74 Å². The van der Waals surface area contributed by atoms with E-state index >= 15 is 0 Å². The molecule has 152 valence electrons. The van der Waals surface area contributed by atoms with Crippen LogP contribution in [0.4, 0.5) is 15.3 Å². The Bertz CT molecular complexity index is 884. The van der Waals surface area contributed by atoms with Gasteiger partial charge in [0.2, 0.25) is 0 Å². The highest BCUT2D eigenvalue weighted by Gasteiger charge is 2.44. The fourth-order valence-corrected chi connectivity index (χ4v) is 4.68. The molecule has 2 atom stereocenters. The van der Waals surface area contributed by atoms with Crippen molar-refractivity contribution in [3.05, 3.63) is 63.7 Å². The Kier molecular flexibility index (Phi) is 5.94. The number of nitrogens with zero attached hydrogens (tertiary/aromatic N) is 2. The van der Waals surface area contributed by atoms with Crippen LogP contribution in [0, 0.1) is 3.57 Å². The molecule has 2 aromatic carbocycles. The molecule has 1 N–H and O–H groups in total. The highest BCUT2D eigenvalue weighted by molar-refractivity contribution is 14.1. The second-order valence-electron chi connectivity index (χ2n) is 7.49. The zero-order chi connectivity index (χ0) is 20.4. The Morgan fingerprint density at radius 1 is 1.07 bits per heavy atom. The first-order valence-electron chi connectivity index (χ1n) is 9.89. The van der Waals surface area contributed by atoms with Crippen molar-refractivity contribution in [2.75, 3.05) is 18.4 Å². The van der Waals surface area contributed by atoms with Crippen LogP contribution in [0.3, 0.4) is 0 Å². The molecule has 29 heavy (non-hydrogen) atoms. The van der Waals surface area contributed by atoms with Gasteiger partial charge >= 0.3 is 12.1 Å². The number of urea groups is 1. The monoisotopic (exact) mass is 505 g/mol. The van der Waals surface area contributed by atoms with Crippen molar-refractivity contribution in [2.45, 2.75) is 38.0 Å². The Labute approximate surface area is 184 Å². The summed E-state index contributed by atoms with van der Waals surface area (Å²) >= 11 is 2.21. The van der Waals surface area contributed by atoms with Crippen molar-refractivity contribution in [3.63, 3.8) is 0 Å². The highest BCUT2D eigenvalue weighted by atomic mass is 127. The lowest BCUT2D eigenvalue weighted by Gasteiger charge is -2.37. The number of benzene rings is 2. The number of hydrogen-bond donors (Lipinski definition) is 1. The van der Waals surface area contributed by atoms with Crippen molar-refractivity contribution in [1.82, 2.24) is 9.80 Å². The quantitative estimate of drug-likeness (QED) is 0.606.